The Labute approximate surface area is 208 Å². The molecule has 1 saturated heterocycles. The van der Waals surface area contributed by atoms with Gasteiger partial charge in [0.2, 0.25) is 0 Å². The maximum atomic E-state index is 10.0. The van der Waals surface area contributed by atoms with Crippen LogP contribution >= 0.6 is 0 Å². The summed E-state index contributed by atoms with van der Waals surface area (Å²) in [6.45, 7) is 6.76. The van der Waals surface area contributed by atoms with E-state index in [9.17, 15) is 4.79 Å². The maximum absolute atomic E-state index is 10.0. The van der Waals surface area contributed by atoms with E-state index in [1.807, 2.05) is 31.4 Å². The third kappa shape index (κ3) is 6.72. The number of rotatable bonds is 6. The van der Waals surface area contributed by atoms with Crippen molar-refractivity contribution in [2.75, 3.05) is 30.8 Å². The van der Waals surface area contributed by atoms with E-state index in [-0.39, 0.29) is 0 Å². The van der Waals surface area contributed by atoms with E-state index in [1.54, 1.807) is 12.4 Å². The lowest BCUT2D eigenvalue weighted by Gasteiger charge is -2.35. The van der Waals surface area contributed by atoms with Crippen molar-refractivity contribution in [3.05, 3.63) is 36.8 Å². The predicted molar refractivity (Wildman–Crippen MR) is 141 cm³/mol. The Morgan fingerprint density at radius 1 is 0.971 bits per heavy atom. The zero-order valence-electron chi connectivity index (χ0n) is 21.1. The number of pyridine rings is 2. The first-order valence-corrected chi connectivity index (χ1v) is 12.8. The van der Waals surface area contributed by atoms with Gasteiger partial charge in [-0.2, -0.15) is 0 Å². The van der Waals surface area contributed by atoms with Crippen LogP contribution in [0, 0.1) is 5.92 Å². The molecule has 2 fully saturated rings. The smallest absolute Gasteiger partial charge is 0.145 e. The number of hydrogen-bond acceptors (Lipinski definition) is 8. The van der Waals surface area contributed by atoms with Crippen LogP contribution in [-0.2, 0) is 4.79 Å². The van der Waals surface area contributed by atoms with Crippen LogP contribution in [0.25, 0.3) is 22.3 Å². The van der Waals surface area contributed by atoms with Crippen molar-refractivity contribution < 1.29 is 4.79 Å². The van der Waals surface area contributed by atoms with E-state index in [1.165, 1.54) is 12.8 Å². The standard InChI is InChI=1S/C21H27N7.C6H10O/c1-14(2)28-8-6-16(7-9-28)25-21-13-23-12-19(27-21)17-5-4-15-11-24-20(22-3)10-18(15)26-17;7-5-6-3-1-2-4-6/h4-5,10-14,16H,6-9H2,1-3H3,(H,22,24)(H,25,27);5-6H,1-4H2. The Bertz CT molecular complexity index is 1110. The second kappa shape index (κ2) is 12.0. The largest absolute Gasteiger partial charge is 0.373 e. The molecule has 5 rings (SSSR count). The molecular formula is C27H37N7O. The van der Waals surface area contributed by atoms with Crippen LogP contribution in [-0.4, -0.2) is 63.3 Å². The minimum Gasteiger partial charge on any atom is -0.373 e. The molecule has 0 unspecified atom stereocenters. The SMILES string of the molecule is CNc1cc2nc(-c3cncc(NC4CCN(C(C)C)CC4)n3)ccc2cn1.O=CC1CCCC1. The molecule has 1 aliphatic heterocycles. The van der Waals surface area contributed by atoms with Gasteiger partial charge >= 0.3 is 0 Å². The summed E-state index contributed by atoms with van der Waals surface area (Å²) in [5, 5.41) is 7.61. The molecule has 0 radical (unpaired) electrons. The van der Waals surface area contributed by atoms with Crippen molar-refractivity contribution in [2.24, 2.45) is 5.92 Å². The van der Waals surface area contributed by atoms with E-state index in [2.05, 4.69) is 39.3 Å². The van der Waals surface area contributed by atoms with Crippen molar-refractivity contribution in [1.29, 1.82) is 0 Å². The van der Waals surface area contributed by atoms with Gasteiger partial charge in [-0.1, -0.05) is 12.8 Å². The average Bonchev–Trinajstić information content (AvgIpc) is 3.43. The summed E-state index contributed by atoms with van der Waals surface area (Å²) in [7, 11) is 1.85. The summed E-state index contributed by atoms with van der Waals surface area (Å²) in [4.78, 5) is 30.8. The topological polar surface area (TPSA) is 95.9 Å². The molecule has 8 heteroatoms. The Morgan fingerprint density at radius 3 is 2.40 bits per heavy atom. The van der Waals surface area contributed by atoms with E-state index in [4.69, 9.17) is 9.97 Å². The molecule has 2 aliphatic rings. The lowest BCUT2D eigenvalue weighted by atomic mass is 10.0. The molecule has 2 N–H and O–H groups in total. The fourth-order valence-electron chi connectivity index (χ4n) is 4.72. The number of fused-ring (bicyclic) bond motifs is 1. The average molecular weight is 476 g/mol. The van der Waals surface area contributed by atoms with Crippen LogP contribution in [0.5, 0.6) is 0 Å². The van der Waals surface area contributed by atoms with Crippen LogP contribution in [0.4, 0.5) is 11.6 Å². The lowest BCUT2D eigenvalue weighted by molar-refractivity contribution is -0.110. The van der Waals surface area contributed by atoms with Gasteiger partial charge in [-0.3, -0.25) is 4.98 Å². The van der Waals surface area contributed by atoms with Crippen LogP contribution in [0.2, 0.25) is 0 Å². The van der Waals surface area contributed by atoms with Gasteiger partial charge in [-0.15, -0.1) is 0 Å². The van der Waals surface area contributed by atoms with Crippen molar-refractivity contribution in [3.63, 3.8) is 0 Å². The number of piperidine rings is 1. The predicted octanol–water partition coefficient (Wildman–Crippen LogP) is 4.79. The van der Waals surface area contributed by atoms with Gasteiger partial charge in [0.05, 0.1) is 23.6 Å². The first-order chi connectivity index (χ1) is 17.1. The highest BCUT2D eigenvalue weighted by Crippen LogP contribution is 2.23. The number of likely N-dealkylation sites (tertiary alicyclic amines) is 1. The molecule has 35 heavy (non-hydrogen) atoms. The van der Waals surface area contributed by atoms with E-state index in [0.29, 0.717) is 18.0 Å². The van der Waals surface area contributed by atoms with Crippen molar-refractivity contribution >= 4 is 28.8 Å². The second-order valence-electron chi connectivity index (χ2n) is 9.73. The summed E-state index contributed by atoms with van der Waals surface area (Å²) in [5.74, 6) is 2.03. The van der Waals surface area contributed by atoms with E-state index >= 15 is 0 Å². The molecule has 0 spiro atoms. The number of aldehydes is 1. The highest BCUT2D eigenvalue weighted by molar-refractivity contribution is 5.82. The molecule has 0 aromatic carbocycles. The molecule has 0 bridgehead atoms. The summed E-state index contributed by atoms with van der Waals surface area (Å²) >= 11 is 0. The van der Waals surface area contributed by atoms with Gasteiger partial charge in [-0.05, 0) is 51.7 Å². The highest BCUT2D eigenvalue weighted by atomic mass is 16.1. The molecule has 8 nitrogen and oxygen atoms in total. The molecule has 186 valence electrons. The third-order valence-electron chi connectivity index (χ3n) is 6.93. The number of nitrogens with zero attached hydrogens (tertiary/aromatic N) is 5. The Morgan fingerprint density at radius 2 is 1.74 bits per heavy atom. The molecule has 0 atom stereocenters. The zero-order chi connectivity index (χ0) is 24.6. The Kier molecular flexibility index (Phi) is 8.58. The van der Waals surface area contributed by atoms with Gasteiger partial charge in [0.1, 0.15) is 23.6 Å². The number of aromatic nitrogens is 4. The lowest BCUT2D eigenvalue weighted by Crippen LogP contribution is -2.42. The van der Waals surface area contributed by atoms with Crippen LogP contribution < -0.4 is 10.6 Å². The molecule has 4 heterocycles. The van der Waals surface area contributed by atoms with Gasteiger partial charge < -0.3 is 20.3 Å². The third-order valence-corrected chi connectivity index (χ3v) is 6.93. The van der Waals surface area contributed by atoms with Gasteiger partial charge in [0, 0.05) is 55.8 Å². The van der Waals surface area contributed by atoms with Crippen LogP contribution in [0.3, 0.4) is 0 Å². The molecule has 3 aromatic heterocycles. The summed E-state index contributed by atoms with van der Waals surface area (Å²) in [5.41, 5.74) is 2.47. The number of hydrogen-bond donors (Lipinski definition) is 2. The summed E-state index contributed by atoms with van der Waals surface area (Å²) in [6, 6.07) is 6.98. The number of carbonyl (C=O) groups excluding carboxylic acids is 1. The molecular weight excluding hydrogens is 438 g/mol. The highest BCUT2D eigenvalue weighted by Gasteiger charge is 2.21. The second-order valence-corrected chi connectivity index (χ2v) is 9.73. The molecule has 3 aromatic rings. The van der Waals surface area contributed by atoms with Gasteiger partial charge in [0.15, 0.2) is 0 Å². The zero-order valence-corrected chi connectivity index (χ0v) is 21.1. The summed E-state index contributed by atoms with van der Waals surface area (Å²) < 4.78 is 0. The van der Waals surface area contributed by atoms with E-state index in [0.717, 1.165) is 79.0 Å². The van der Waals surface area contributed by atoms with Crippen LogP contribution in [0.15, 0.2) is 36.8 Å². The van der Waals surface area contributed by atoms with Gasteiger partial charge in [-0.25, -0.2) is 15.0 Å². The fraction of sp³-hybridized carbons (Fsp3) is 0.519. The molecule has 0 amide bonds. The maximum Gasteiger partial charge on any atom is 0.145 e. The van der Waals surface area contributed by atoms with Gasteiger partial charge in [0.25, 0.3) is 0 Å². The molecule has 1 aliphatic carbocycles. The minimum atomic E-state index is 0.417. The Balaban J connectivity index is 0.000000356. The normalized spacial score (nSPS) is 17.3. The minimum absolute atomic E-state index is 0.417. The first-order valence-electron chi connectivity index (χ1n) is 12.8. The summed E-state index contributed by atoms with van der Waals surface area (Å²) in [6.07, 6.45) is 13.5. The van der Waals surface area contributed by atoms with Crippen molar-refractivity contribution in [1.82, 2.24) is 24.8 Å². The fourth-order valence-corrected chi connectivity index (χ4v) is 4.72. The van der Waals surface area contributed by atoms with Crippen molar-refractivity contribution in [2.45, 2.75) is 64.5 Å². The van der Waals surface area contributed by atoms with Crippen LogP contribution in [0.1, 0.15) is 52.4 Å². The Hall–Kier alpha value is -3.13. The number of carbonyl (C=O) groups is 1. The van der Waals surface area contributed by atoms with E-state index < -0.39 is 0 Å². The number of nitrogens with one attached hydrogen (secondary N) is 2. The van der Waals surface area contributed by atoms with Crippen molar-refractivity contribution in [3.8, 4) is 11.4 Å². The quantitative estimate of drug-likeness (QED) is 0.492. The monoisotopic (exact) mass is 475 g/mol. The first kappa shape index (κ1) is 25.0. The number of anilines is 2. The molecule has 1 saturated carbocycles.